The molecule has 1 aromatic carbocycles. The quantitative estimate of drug-likeness (QED) is 0.841. The number of nitrogens with one attached hydrogen (secondary N) is 1. The van der Waals surface area contributed by atoms with Crippen LogP contribution in [0.15, 0.2) is 53.7 Å². The summed E-state index contributed by atoms with van der Waals surface area (Å²) in [7, 11) is -3.22. The summed E-state index contributed by atoms with van der Waals surface area (Å²) < 4.78 is 29.0. The molecular weight excluding hydrogens is 338 g/mol. The van der Waals surface area contributed by atoms with Crippen molar-refractivity contribution in [3.63, 3.8) is 0 Å². The Bertz CT molecular complexity index is 796. The Kier molecular flexibility index (Phi) is 5.67. The molecule has 2 heterocycles. The summed E-state index contributed by atoms with van der Waals surface area (Å²) in [6.07, 6.45) is 4.88. The van der Waals surface area contributed by atoms with Crippen molar-refractivity contribution < 1.29 is 13.2 Å². The van der Waals surface area contributed by atoms with E-state index in [-0.39, 0.29) is 10.9 Å². The van der Waals surface area contributed by atoms with E-state index in [2.05, 4.69) is 21.3 Å². The summed E-state index contributed by atoms with van der Waals surface area (Å²) in [6.45, 7) is 4.04. The molecule has 1 aliphatic rings. The van der Waals surface area contributed by atoms with Gasteiger partial charge in [-0.25, -0.2) is 8.42 Å². The van der Waals surface area contributed by atoms with E-state index in [9.17, 15) is 8.42 Å². The van der Waals surface area contributed by atoms with Crippen molar-refractivity contribution in [2.24, 2.45) is 0 Å². The number of hydrogen-bond donors (Lipinski definition) is 1. The monoisotopic (exact) mass is 361 g/mol. The molecule has 1 aliphatic heterocycles. The van der Waals surface area contributed by atoms with E-state index in [1.807, 2.05) is 12.3 Å². The molecule has 0 radical (unpaired) electrons. The molecule has 2 aromatic rings. The summed E-state index contributed by atoms with van der Waals surface area (Å²) >= 11 is 0. The Labute approximate surface area is 148 Å². The summed E-state index contributed by atoms with van der Waals surface area (Å²) in [4.78, 5) is 6.86. The first-order valence-corrected chi connectivity index (χ1v) is 10.2. The van der Waals surface area contributed by atoms with Crippen LogP contribution in [0.25, 0.3) is 0 Å². The van der Waals surface area contributed by atoms with Gasteiger partial charge in [-0.2, -0.15) is 0 Å². The van der Waals surface area contributed by atoms with Crippen LogP contribution in [-0.2, 0) is 9.84 Å². The zero-order chi connectivity index (χ0) is 17.7. The lowest BCUT2D eigenvalue weighted by Crippen LogP contribution is -2.47. The van der Waals surface area contributed by atoms with Gasteiger partial charge in [0.05, 0.1) is 4.90 Å². The summed E-state index contributed by atoms with van der Waals surface area (Å²) in [5.74, 6) is 0.580. The number of aromatic nitrogens is 1. The number of pyridine rings is 1. The third-order valence-electron chi connectivity index (χ3n) is 4.30. The lowest BCUT2D eigenvalue weighted by Gasteiger charge is -2.36. The first kappa shape index (κ1) is 17.8. The van der Waals surface area contributed by atoms with E-state index in [1.54, 1.807) is 30.5 Å². The van der Waals surface area contributed by atoms with Crippen LogP contribution in [0.1, 0.15) is 11.6 Å². The van der Waals surface area contributed by atoms with Crippen LogP contribution in [0.3, 0.4) is 0 Å². The van der Waals surface area contributed by atoms with E-state index in [0.29, 0.717) is 12.4 Å². The Morgan fingerprint density at radius 2 is 2.20 bits per heavy atom. The van der Waals surface area contributed by atoms with Crippen LogP contribution in [0, 0.1) is 0 Å². The minimum atomic E-state index is -3.22. The van der Waals surface area contributed by atoms with Gasteiger partial charge in [0.15, 0.2) is 9.84 Å². The molecule has 1 unspecified atom stereocenters. The van der Waals surface area contributed by atoms with Crippen molar-refractivity contribution in [3.05, 3.63) is 54.4 Å². The fraction of sp³-hybridized carbons (Fsp3) is 0.389. The molecule has 1 atom stereocenters. The average Bonchev–Trinajstić information content (AvgIpc) is 2.62. The van der Waals surface area contributed by atoms with E-state index in [0.717, 1.165) is 26.2 Å². The average molecular weight is 361 g/mol. The summed E-state index contributed by atoms with van der Waals surface area (Å²) in [6, 6.07) is 11.0. The molecule has 0 bridgehead atoms. The molecule has 1 fully saturated rings. The Hall–Kier alpha value is -1.96. The van der Waals surface area contributed by atoms with Gasteiger partial charge in [-0.3, -0.25) is 9.88 Å². The first-order valence-electron chi connectivity index (χ1n) is 8.31. The predicted molar refractivity (Wildman–Crippen MR) is 96.5 cm³/mol. The SMILES string of the molecule is CS(=O)(=O)c1cccc(OCCN2CCNCC2c2cccnc2)c1. The fourth-order valence-corrected chi connectivity index (χ4v) is 3.65. The van der Waals surface area contributed by atoms with Crippen LogP contribution in [0.5, 0.6) is 5.75 Å². The summed E-state index contributed by atoms with van der Waals surface area (Å²) in [5, 5.41) is 3.42. The number of nitrogens with zero attached hydrogens (tertiary/aromatic N) is 2. The highest BCUT2D eigenvalue weighted by molar-refractivity contribution is 7.90. The van der Waals surface area contributed by atoms with Crippen LogP contribution < -0.4 is 10.1 Å². The van der Waals surface area contributed by atoms with Crippen molar-refractivity contribution in [2.75, 3.05) is 39.0 Å². The minimum Gasteiger partial charge on any atom is -0.492 e. The first-order chi connectivity index (χ1) is 12.0. The van der Waals surface area contributed by atoms with Crippen molar-refractivity contribution in [2.45, 2.75) is 10.9 Å². The van der Waals surface area contributed by atoms with Crippen molar-refractivity contribution in [3.8, 4) is 5.75 Å². The van der Waals surface area contributed by atoms with E-state index in [1.165, 1.54) is 11.8 Å². The minimum absolute atomic E-state index is 0.272. The molecule has 1 saturated heterocycles. The van der Waals surface area contributed by atoms with Crippen molar-refractivity contribution in [1.29, 1.82) is 0 Å². The van der Waals surface area contributed by atoms with Crippen molar-refractivity contribution in [1.82, 2.24) is 15.2 Å². The number of rotatable bonds is 6. The maximum atomic E-state index is 11.6. The smallest absolute Gasteiger partial charge is 0.175 e. The Balaban J connectivity index is 1.61. The second-order valence-electron chi connectivity index (χ2n) is 6.14. The van der Waals surface area contributed by atoms with Crippen LogP contribution in [0.4, 0.5) is 0 Å². The fourth-order valence-electron chi connectivity index (χ4n) is 2.99. The molecule has 0 spiro atoms. The predicted octanol–water partition coefficient (Wildman–Crippen LogP) is 1.51. The second kappa shape index (κ2) is 7.95. The summed E-state index contributed by atoms with van der Waals surface area (Å²) in [5.41, 5.74) is 1.19. The molecule has 6 nitrogen and oxygen atoms in total. The highest BCUT2D eigenvalue weighted by Crippen LogP contribution is 2.21. The number of hydrogen-bond acceptors (Lipinski definition) is 6. The van der Waals surface area contributed by atoms with Crippen LogP contribution >= 0.6 is 0 Å². The number of ether oxygens (including phenoxy) is 1. The molecule has 134 valence electrons. The van der Waals surface area contributed by atoms with E-state index >= 15 is 0 Å². The molecule has 25 heavy (non-hydrogen) atoms. The van der Waals surface area contributed by atoms with Gasteiger partial charge in [0.1, 0.15) is 12.4 Å². The van der Waals surface area contributed by atoms with Gasteiger partial charge in [-0.15, -0.1) is 0 Å². The van der Waals surface area contributed by atoms with Crippen molar-refractivity contribution >= 4 is 9.84 Å². The number of piperazine rings is 1. The number of benzene rings is 1. The zero-order valence-electron chi connectivity index (χ0n) is 14.3. The topological polar surface area (TPSA) is 71.5 Å². The second-order valence-corrected chi connectivity index (χ2v) is 8.15. The van der Waals surface area contributed by atoms with Gasteiger partial charge < -0.3 is 10.1 Å². The van der Waals surface area contributed by atoms with Crippen LogP contribution in [0.2, 0.25) is 0 Å². The zero-order valence-corrected chi connectivity index (χ0v) is 15.1. The Morgan fingerprint density at radius 3 is 2.96 bits per heavy atom. The van der Waals surface area contributed by atoms with Gasteiger partial charge in [-0.1, -0.05) is 12.1 Å². The van der Waals surface area contributed by atoms with Gasteiger partial charge in [-0.05, 0) is 29.8 Å². The molecule has 1 aromatic heterocycles. The Morgan fingerprint density at radius 1 is 1.32 bits per heavy atom. The molecule has 0 aliphatic carbocycles. The highest BCUT2D eigenvalue weighted by atomic mass is 32.2. The molecule has 0 saturated carbocycles. The van der Waals surface area contributed by atoms with Gasteiger partial charge in [0.25, 0.3) is 0 Å². The highest BCUT2D eigenvalue weighted by Gasteiger charge is 2.23. The third kappa shape index (κ3) is 4.78. The molecule has 0 amide bonds. The van der Waals surface area contributed by atoms with Gasteiger partial charge >= 0.3 is 0 Å². The molecular formula is C18H23N3O3S. The van der Waals surface area contributed by atoms with Crippen LogP contribution in [-0.4, -0.2) is 57.3 Å². The largest absolute Gasteiger partial charge is 0.492 e. The van der Waals surface area contributed by atoms with E-state index < -0.39 is 9.84 Å². The van der Waals surface area contributed by atoms with E-state index in [4.69, 9.17) is 4.74 Å². The van der Waals surface area contributed by atoms with Gasteiger partial charge in [0, 0.05) is 50.9 Å². The van der Waals surface area contributed by atoms with Gasteiger partial charge in [0.2, 0.25) is 0 Å². The number of sulfone groups is 1. The molecule has 3 rings (SSSR count). The molecule has 7 heteroatoms. The normalized spacial score (nSPS) is 18.8. The standard InChI is InChI=1S/C18H23N3O3S/c1-25(22,23)17-6-2-5-16(12-17)24-11-10-21-9-8-20-14-18(21)15-4-3-7-19-13-15/h2-7,12-13,18,20H,8-11,14H2,1H3. The maximum absolute atomic E-state index is 11.6. The maximum Gasteiger partial charge on any atom is 0.175 e. The lowest BCUT2D eigenvalue weighted by atomic mass is 10.1. The third-order valence-corrected chi connectivity index (χ3v) is 5.41. The lowest BCUT2D eigenvalue weighted by molar-refractivity contribution is 0.133. The molecule has 1 N–H and O–H groups in total.